The highest BCUT2D eigenvalue weighted by Gasteiger charge is 2.27. The molecule has 0 radical (unpaired) electrons. The summed E-state index contributed by atoms with van der Waals surface area (Å²) in [5.74, 6) is -0.542. The van der Waals surface area contributed by atoms with Crippen molar-refractivity contribution in [1.29, 1.82) is 0 Å². The number of rotatable bonds is 3. The highest BCUT2D eigenvalue weighted by molar-refractivity contribution is 6.05. The van der Waals surface area contributed by atoms with Gasteiger partial charge < -0.3 is 4.90 Å². The topological polar surface area (TPSA) is 63.5 Å². The van der Waals surface area contributed by atoms with Crippen LogP contribution in [0.15, 0.2) is 48.5 Å². The van der Waals surface area contributed by atoms with E-state index < -0.39 is 4.92 Å². The van der Waals surface area contributed by atoms with Gasteiger partial charge in [0.25, 0.3) is 11.6 Å². The highest BCUT2D eigenvalue weighted by Crippen LogP contribution is 2.31. The fourth-order valence-corrected chi connectivity index (χ4v) is 3.05. The van der Waals surface area contributed by atoms with Crippen molar-refractivity contribution >= 4 is 23.4 Å². The second-order valence-electron chi connectivity index (χ2n) is 6.05. The third-order valence-corrected chi connectivity index (χ3v) is 4.31. The summed E-state index contributed by atoms with van der Waals surface area (Å²) in [4.78, 5) is 24.7. The number of benzene rings is 2. The normalized spacial score (nSPS) is 16.7. The summed E-state index contributed by atoms with van der Waals surface area (Å²) in [6.45, 7) is 1.95. The van der Waals surface area contributed by atoms with Gasteiger partial charge in [-0.1, -0.05) is 12.1 Å². The van der Waals surface area contributed by atoms with Gasteiger partial charge in [-0.15, -0.1) is 0 Å². The molecule has 3 rings (SSSR count). The van der Waals surface area contributed by atoms with Crippen LogP contribution in [-0.2, 0) is 11.2 Å². The van der Waals surface area contributed by atoms with Crippen LogP contribution in [0.5, 0.6) is 0 Å². The first-order valence-electron chi connectivity index (χ1n) is 8.00. The van der Waals surface area contributed by atoms with Crippen molar-refractivity contribution in [2.75, 3.05) is 4.90 Å². The number of non-ortho nitro benzene ring substituents is 1. The van der Waals surface area contributed by atoms with E-state index in [1.807, 2.05) is 6.92 Å². The van der Waals surface area contributed by atoms with Crippen molar-refractivity contribution in [2.24, 2.45) is 0 Å². The van der Waals surface area contributed by atoms with Crippen LogP contribution in [0.3, 0.4) is 0 Å². The van der Waals surface area contributed by atoms with Crippen molar-refractivity contribution in [3.05, 3.63) is 75.6 Å². The van der Waals surface area contributed by atoms with Gasteiger partial charge in [-0.25, -0.2) is 4.39 Å². The third kappa shape index (κ3) is 3.57. The Morgan fingerprint density at radius 1 is 1.32 bits per heavy atom. The minimum Gasteiger partial charge on any atom is -0.306 e. The van der Waals surface area contributed by atoms with E-state index >= 15 is 0 Å². The first-order valence-corrected chi connectivity index (χ1v) is 8.00. The molecule has 1 unspecified atom stereocenters. The number of aryl methyl sites for hydroxylation is 1. The molecule has 0 fully saturated rings. The lowest BCUT2D eigenvalue weighted by atomic mass is 9.96. The Hall–Kier alpha value is -3.02. The Bertz CT molecular complexity index is 863. The maximum Gasteiger partial charge on any atom is 0.270 e. The molecule has 0 saturated heterocycles. The number of nitro groups is 1. The molecule has 25 heavy (non-hydrogen) atoms. The van der Waals surface area contributed by atoms with Crippen LogP contribution in [0.1, 0.15) is 24.5 Å². The molecule has 2 aromatic rings. The summed E-state index contributed by atoms with van der Waals surface area (Å²) in [5.41, 5.74) is 2.08. The average Bonchev–Trinajstić information content (AvgIpc) is 2.60. The zero-order chi connectivity index (χ0) is 18.0. The molecule has 0 saturated carbocycles. The SMILES string of the molecule is CC1CCc2cc(F)ccc2N1C(=O)C=Cc1cccc([N+](=O)[O-])c1. The van der Waals surface area contributed by atoms with Crippen molar-refractivity contribution < 1.29 is 14.1 Å². The molecule has 1 aliphatic heterocycles. The van der Waals surface area contributed by atoms with Crippen LogP contribution in [0.2, 0.25) is 0 Å². The van der Waals surface area contributed by atoms with Gasteiger partial charge in [-0.05, 0) is 55.2 Å². The summed E-state index contributed by atoms with van der Waals surface area (Å²) in [5, 5.41) is 10.8. The lowest BCUT2D eigenvalue weighted by Gasteiger charge is -2.34. The van der Waals surface area contributed by atoms with Gasteiger partial charge in [0.15, 0.2) is 0 Å². The molecular formula is C19H17FN2O3. The van der Waals surface area contributed by atoms with Crippen LogP contribution < -0.4 is 4.90 Å². The lowest BCUT2D eigenvalue weighted by molar-refractivity contribution is -0.384. The number of hydrogen-bond acceptors (Lipinski definition) is 3. The van der Waals surface area contributed by atoms with Crippen LogP contribution in [0.25, 0.3) is 6.08 Å². The number of amides is 1. The van der Waals surface area contributed by atoms with Gasteiger partial charge in [-0.2, -0.15) is 0 Å². The van der Waals surface area contributed by atoms with Crippen LogP contribution in [0, 0.1) is 15.9 Å². The first kappa shape index (κ1) is 16.8. The van der Waals surface area contributed by atoms with Gasteiger partial charge in [0.1, 0.15) is 5.82 Å². The molecular weight excluding hydrogens is 323 g/mol. The molecule has 1 amide bonds. The second-order valence-corrected chi connectivity index (χ2v) is 6.05. The van der Waals surface area contributed by atoms with Gasteiger partial charge >= 0.3 is 0 Å². The van der Waals surface area contributed by atoms with E-state index in [9.17, 15) is 19.3 Å². The Labute approximate surface area is 144 Å². The predicted octanol–water partition coefficient (Wildman–Crippen LogP) is 4.12. The Morgan fingerprint density at radius 2 is 2.12 bits per heavy atom. The molecule has 0 bridgehead atoms. The standard InChI is InChI=1S/C19H17FN2O3/c1-13-5-7-15-12-16(20)8-9-18(15)21(13)19(23)10-6-14-3-2-4-17(11-14)22(24)25/h2-4,6,8-13H,5,7H2,1H3. The molecule has 128 valence electrons. The number of halogens is 1. The molecule has 1 atom stereocenters. The number of nitro benzene ring substituents is 1. The number of fused-ring (bicyclic) bond motifs is 1. The molecule has 0 N–H and O–H groups in total. The lowest BCUT2D eigenvalue weighted by Crippen LogP contribution is -2.41. The van der Waals surface area contributed by atoms with Crippen LogP contribution in [-0.4, -0.2) is 16.9 Å². The van der Waals surface area contributed by atoms with Crippen LogP contribution in [0.4, 0.5) is 15.8 Å². The molecule has 0 aromatic heterocycles. The smallest absolute Gasteiger partial charge is 0.270 e. The maximum absolute atomic E-state index is 13.4. The molecule has 6 heteroatoms. The minimum atomic E-state index is -0.476. The monoisotopic (exact) mass is 340 g/mol. The van der Waals surface area contributed by atoms with E-state index in [1.165, 1.54) is 30.3 Å². The largest absolute Gasteiger partial charge is 0.306 e. The Kier molecular flexibility index (Phi) is 4.61. The summed E-state index contributed by atoms with van der Waals surface area (Å²) in [6.07, 6.45) is 4.44. The molecule has 5 nitrogen and oxygen atoms in total. The summed E-state index contributed by atoms with van der Waals surface area (Å²) in [7, 11) is 0. The van der Waals surface area contributed by atoms with Gasteiger partial charge in [0.2, 0.25) is 0 Å². The van der Waals surface area contributed by atoms with E-state index in [1.54, 1.807) is 29.2 Å². The highest BCUT2D eigenvalue weighted by atomic mass is 19.1. The van der Waals surface area contributed by atoms with Crippen molar-refractivity contribution in [2.45, 2.75) is 25.8 Å². The van der Waals surface area contributed by atoms with Crippen molar-refractivity contribution in [3.8, 4) is 0 Å². The van der Waals surface area contributed by atoms with Crippen LogP contribution >= 0.6 is 0 Å². The molecule has 0 aliphatic carbocycles. The van der Waals surface area contributed by atoms with Crippen molar-refractivity contribution in [3.63, 3.8) is 0 Å². The average molecular weight is 340 g/mol. The number of carbonyl (C=O) groups excluding carboxylic acids is 1. The second kappa shape index (κ2) is 6.84. The third-order valence-electron chi connectivity index (χ3n) is 4.31. The first-order chi connectivity index (χ1) is 12.0. The van der Waals surface area contributed by atoms with E-state index in [4.69, 9.17) is 0 Å². The van der Waals surface area contributed by atoms with E-state index in [0.29, 0.717) is 11.3 Å². The minimum absolute atomic E-state index is 0.000204. The van der Waals surface area contributed by atoms with Crippen molar-refractivity contribution in [1.82, 2.24) is 0 Å². The van der Waals surface area contributed by atoms with Gasteiger partial charge in [0.05, 0.1) is 4.92 Å². The summed E-state index contributed by atoms with van der Waals surface area (Å²) < 4.78 is 13.4. The zero-order valence-corrected chi connectivity index (χ0v) is 13.7. The fraction of sp³-hybridized carbons (Fsp3) is 0.211. The number of anilines is 1. The predicted molar refractivity (Wildman–Crippen MR) is 93.8 cm³/mol. The fourth-order valence-electron chi connectivity index (χ4n) is 3.05. The number of carbonyl (C=O) groups is 1. The molecule has 0 spiro atoms. The Balaban J connectivity index is 1.86. The quantitative estimate of drug-likeness (QED) is 0.480. The van der Waals surface area contributed by atoms with E-state index in [0.717, 1.165) is 18.4 Å². The summed E-state index contributed by atoms with van der Waals surface area (Å²) >= 11 is 0. The van der Waals surface area contributed by atoms with Gasteiger partial charge in [-0.3, -0.25) is 14.9 Å². The van der Waals surface area contributed by atoms with E-state index in [-0.39, 0.29) is 23.5 Å². The molecule has 1 heterocycles. The Morgan fingerprint density at radius 3 is 2.88 bits per heavy atom. The number of nitrogens with zero attached hydrogens (tertiary/aromatic N) is 2. The number of hydrogen-bond donors (Lipinski definition) is 0. The molecule has 2 aromatic carbocycles. The molecule has 1 aliphatic rings. The van der Waals surface area contributed by atoms with Gasteiger partial charge in [0, 0.05) is 29.9 Å². The summed E-state index contributed by atoms with van der Waals surface area (Å²) in [6, 6.07) is 10.5. The van der Waals surface area contributed by atoms with E-state index in [2.05, 4.69) is 0 Å². The zero-order valence-electron chi connectivity index (χ0n) is 13.7. The maximum atomic E-state index is 13.4.